The van der Waals surface area contributed by atoms with Crippen LogP contribution in [-0.2, 0) is 20.9 Å². The summed E-state index contributed by atoms with van der Waals surface area (Å²) < 4.78 is 5.46. The maximum atomic E-state index is 12.6. The standard InChI is InChI=1S/C20H32N2O3/c1-15(2)20(24)22(14-18-10-7-6-8-11-18)17(5)19(23)21-12-9-13-25-16(3)4/h6-8,10-11,15-17H,9,12-14H2,1-5H3,(H,21,23). The summed E-state index contributed by atoms with van der Waals surface area (Å²) in [6.45, 7) is 11.1. The topological polar surface area (TPSA) is 58.6 Å². The van der Waals surface area contributed by atoms with Crippen molar-refractivity contribution >= 4 is 11.8 Å². The third-order valence-corrected chi connectivity index (χ3v) is 3.89. The molecular formula is C20H32N2O3. The summed E-state index contributed by atoms with van der Waals surface area (Å²) in [6.07, 6.45) is 0.952. The molecule has 0 aliphatic rings. The largest absolute Gasteiger partial charge is 0.379 e. The summed E-state index contributed by atoms with van der Waals surface area (Å²) >= 11 is 0. The molecule has 1 aromatic rings. The molecule has 5 heteroatoms. The molecule has 0 heterocycles. The molecule has 0 saturated carbocycles. The lowest BCUT2D eigenvalue weighted by Gasteiger charge is -2.30. The van der Waals surface area contributed by atoms with Gasteiger partial charge >= 0.3 is 0 Å². The average molecular weight is 348 g/mol. The van der Waals surface area contributed by atoms with Gasteiger partial charge in [-0.3, -0.25) is 9.59 Å². The molecule has 1 aromatic carbocycles. The van der Waals surface area contributed by atoms with Gasteiger partial charge in [-0.05, 0) is 32.8 Å². The first-order valence-electron chi connectivity index (χ1n) is 9.06. The SMILES string of the molecule is CC(C)OCCCNC(=O)C(C)N(Cc1ccccc1)C(=O)C(C)C. The Bertz CT molecular complexity index is 529. The van der Waals surface area contributed by atoms with Crippen LogP contribution >= 0.6 is 0 Å². The molecule has 0 aliphatic heterocycles. The molecule has 1 N–H and O–H groups in total. The predicted octanol–water partition coefficient (Wildman–Crippen LogP) is 2.99. The van der Waals surface area contributed by atoms with E-state index in [1.807, 2.05) is 58.0 Å². The van der Waals surface area contributed by atoms with E-state index in [4.69, 9.17) is 4.74 Å². The van der Waals surface area contributed by atoms with Crippen LogP contribution in [0.25, 0.3) is 0 Å². The Kier molecular flexibility index (Phi) is 9.21. The van der Waals surface area contributed by atoms with Gasteiger partial charge in [0.05, 0.1) is 6.10 Å². The Morgan fingerprint density at radius 2 is 1.72 bits per heavy atom. The molecule has 1 atom stereocenters. The van der Waals surface area contributed by atoms with Crippen LogP contribution in [0.1, 0.15) is 46.6 Å². The van der Waals surface area contributed by atoms with Gasteiger partial charge in [-0.15, -0.1) is 0 Å². The maximum Gasteiger partial charge on any atom is 0.242 e. The second-order valence-corrected chi connectivity index (χ2v) is 6.85. The van der Waals surface area contributed by atoms with E-state index in [9.17, 15) is 9.59 Å². The van der Waals surface area contributed by atoms with Crippen molar-refractivity contribution < 1.29 is 14.3 Å². The van der Waals surface area contributed by atoms with Gasteiger partial charge in [0.25, 0.3) is 0 Å². The predicted molar refractivity (Wildman–Crippen MR) is 100 cm³/mol. The molecule has 1 unspecified atom stereocenters. The summed E-state index contributed by atoms with van der Waals surface area (Å²) in [7, 11) is 0. The fourth-order valence-electron chi connectivity index (χ4n) is 2.41. The lowest BCUT2D eigenvalue weighted by atomic mass is 10.1. The average Bonchev–Trinajstić information content (AvgIpc) is 2.58. The second-order valence-electron chi connectivity index (χ2n) is 6.85. The van der Waals surface area contributed by atoms with Crippen LogP contribution in [0.3, 0.4) is 0 Å². The van der Waals surface area contributed by atoms with Crippen LogP contribution < -0.4 is 5.32 Å². The molecule has 0 aliphatic carbocycles. The summed E-state index contributed by atoms with van der Waals surface area (Å²) in [4.78, 5) is 26.7. The fraction of sp³-hybridized carbons (Fsp3) is 0.600. The van der Waals surface area contributed by atoms with E-state index in [0.29, 0.717) is 19.7 Å². The summed E-state index contributed by atoms with van der Waals surface area (Å²) in [5.41, 5.74) is 1.02. The van der Waals surface area contributed by atoms with Gasteiger partial charge in [0, 0.05) is 25.6 Å². The van der Waals surface area contributed by atoms with Crippen LogP contribution in [0.4, 0.5) is 0 Å². The molecule has 0 bridgehead atoms. The van der Waals surface area contributed by atoms with Crippen molar-refractivity contribution in [3.05, 3.63) is 35.9 Å². The zero-order chi connectivity index (χ0) is 18.8. The first kappa shape index (κ1) is 21.2. The number of carbonyl (C=O) groups is 2. The zero-order valence-corrected chi connectivity index (χ0v) is 16.1. The molecule has 5 nitrogen and oxygen atoms in total. The molecule has 25 heavy (non-hydrogen) atoms. The van der Waals surface area contributed by atoms with E-state index >= 15 is 0 Å². The summed E-state index contributed by atoms with van der Waals surface area (Å²) in [5, 5.41) is 2.90. The van der Waals surface area contributed by atoms with Crippen molar-refractivity contribution in [3.8, 4) is 0 Å². The Morgan fingerprint density at radius 3 is 2.28 bits per heavy atom. The number of hydrogen-bond acceptors (Lipinski definition) is 3. The molecule has 140 valence electrons. The fourth-order valence-corrected chi connectivity index (χ4v) is 2.41. The van der Waals surface area contributed by atoms with E-state index in [1.54, 1.807) is 11.8 Å². The Morgan fingerprint density at radius 1 is 1.08 bits per heavy atom. The normalized spacial score (nSPS) is 12.3. The number of ether oxygens (including phenoxy) is 1. The van der Waals surface area contributed by atoms with E-state index in [1.165, 1.54) is 0 Å². The van der Waals surface area contributed by atoms with Crippen molar-refractivity contribution in [2.45, 2.75) is 59.7 Å². The molecule has 0 saturated heterocycles. The number of amides is 2. The van der Waals surface area contributed by atoms with Crippen molar-refractivity contribution in [2.75, 3.05) is 13.2 Å². The van der Waals surface area contributed by atoms with Gasteiger partial charge in [0.2, 0.25) is 11.8 Å². The molecule has 0 aromatic heterocycles. The molecule has 0 fully saturated rings. The Hall–Kier alpha value is -1.88. The van der Waals surface area contributed by atoms with Crippen LogP contribution in [0.15, 0.2) is 30.3 Å². The summed E-state index contributed by atoms with van der Waals surface area (Å²) in [5.74, 6) is -0.303. The minimum Gasteiger partial charge on any atom is -0.379 e. The zero-order valence-electron chi connectivity index (χ0n) is 16.1. The first-order valence-corrected chi connectivity index (χ1v) is 9.06. The third-order valence-electron chi connectivity index (χ3n) is 3.89. The van der Waals surface area contributed by atoms with Gasteiger partial charge in [0.15, 0.2) is 0 Å². The lowest BCUT2D eigenvalue weighted by Crippen LogP contribution is -2.49. The number of rotatable bonds is 10. The summed E-state index contributed by atoms with van der Waals surface area (Å²) in [6, 6.07) is 9.23. The molecule has 2 amide bonds. The first-order chi connectivity index (χ1) is 11.8. The van der Waals surface area contributed by atoms with E-state index in [2.05, 4.69) is 5.32 Å². The minimum absolute atomic E-state index is 0.0188. The van der Waals surface area contributed by atoms with E-state index in [0.717, 1.165) is 12.0 Å². The van der Waals surface area contributed by atoms with Crippen LogP contribution in [-0.4, -0.2) is 42.0 Å². The van der Waals surface area contributed by atoms with Crippen molar-refractivity contribution in [1.29, 1.82) is 0 Å². The lowest BCUT2D eigenvalue weighted by molar-refractivity contribution is -0.143. The van der Waals surface area contributed by atoms with Crippen molar-refractivity contribution in [2.24, 2.45) is 5.92 Å². The highest BCUT2D eigenvalue weighted by molar-refractivity contribution is 5.88. The van der Waals surface area contributed by atoms with Crippen molar-refractivity contribution in [1.82, 2.24) is 10.2 Å². The van der Waals surface area contributed by atoms with Gasteiger partial charge in [-0.2, -0.15) is 0 Å². The van der Waals surface area contributed by atoms with Crippen LogP contribution in [0.5, 0.6) is 0 Å². The van der Waals surface area contributed by atoms with Gasteiger partial charge in [-0.1, -0.05) is 44.2 Å². The number of hydrogen-bond donors (Lipinski definition) is 1. The van der Waals surface area contributed by atoms with E-state index < -0.39 is 6.04 Å². The number of carbonyl (C=O) groups excluding carboxylic acids is 2. The highest BCUT2D eigenvalue weighted by Gasteiger charge is 2.27. The van der Waals surface area contributed by atoms with Crippen molar-refractivity contribution in [3.63, 3.8) is 0 Å². The van der Waals surface area contributed by atoms with Gasteiger partial charge in [0.1, 0.15) is 6.04 Å². The molecule has 0 radical (unpaired) electrons. The highest BCUT2D eigenvalue weighted by atomic mass is 16.5. The highest BCUT2D eigenvalue weighted by Crippen LogP contribution is 2.13. The van der Waals surface area contributed by atoms with Crippen LogP contribution in [0, 0.1) is 5.92 Å². The van der Waals surface area contributed by atoms with E-state index in [-0.39, 0.29) is 23.8 Å². The second kappa shape index (κ2) is 10.9. The van der Waals surface area contributed by atoms with Gasteiger partial charge < -0.3 is 15.0 Å². The third kappa shape index (κ3) is 7.69. The Balaban J connectivity index is 2.63. The smallest absolute Gasteiger partial charge is 0.242 e. The van der Waals surface area contributed by atoms with Crippen LogP contribution in [0.2, 0.25) is 0 Å². The quantitative estimate of drug-likeness (QED) is 0.661. The minimum atomic E-state index is -0.513. The number of nitrogens with zero attached hydrogens (tertiary/aromatic N) is 1. The monoisotopic (exact) mass is 348 g/mol. The number of benzene rings is 1. The maximum absolute atomic E-state index is 12.6. The molecule has 0 spiro atoms. The number of nitrogens with one attached hydrogen (secondary N) is 1. The Labute approximate surface area is 151 Å². The molecular weight excluding hydrogens is 316 g/mol. The van der Waals surface area contributed by atoms with Gasteiger partial charge in [-0.25, -0.2) is 0 Å². The molecule has 1 rings (SSSR count).